The fourth-order valence-electron chi connectivity index (χ4n) is 1.74. The van der Waals surface area contributed by atoms with E-state index in [1.807, 2.05) is 6.92 Å². The minimum absolute atomic E-state index is 0.316. The lowest BCUT2D eigenvalue weighted by molar-refractivity contribution is -0.112. The third kappa shape index (κ3) is 2.32. The van der Waals surface area contributed by atoms with Gasteiger partial charge in [0.25, 0.3) is 11.7 Å². The molecule has 20 heavy (non-hydrogen) atoms. The number of nitrogens with zero attached hydrogens (tertiary/aromatic N) is 2. The fourth-order valence-corrected chi connectivity index (χ4v) is 3.72. The molecule has 5 nitrogen and oxygen atoms in total. The molecule has 0 fully saturated rings. The van der Waals surface area contributed by atoms with Crippen molar-refractivity contribution in [2.45, 2.75) is 22.6 Å². The topological polar surface area (TPSA) is 72.0 Å². The number of hydrogen-bond acceptors (Lipinski definition) is 6. The Morgan fingerprint density at radius 3 is 2.90 bits per heavy atom. The molecule has 102 valence electrons. The molecule has 1 N–H and O–H groups in total. The van der Waals surface area contributed by atoms with Gasteiger partial charge in [-0.1, -0.05) is 30.3 Å². The van der Waals surface area contributed by atoms with Crippen molar-refractivity contribution in [3.8, 4) is 0 Å². The Bertz CT molecular complexity index is 729. The van der Waals surface area contributed by atoms with Gasteiger partial charge >= 0.3 is 0 Å². The standard InChI is InChI=1S/C12H8ClN3O2S2/c1-2-9-15-12(20-16-9)19-8-4-7-5(3-6(8)13)10(17)11(18)14-7/h3-4H,2H2,1H3,(H,14,17,18). The molecule has 1 amide bonds. The highest BCUT2D eigenvalue weighted by atomic mass is 35.5. The quantitative estimate of drug-likeness (QED) is 0.878. The average Bonchev–Trinajstić information content (AvgIpc) is 2.98. The zero-order valence-corrected chi connectivity index (χ0v) is 12.7. The van der Waals surface area contributed by atoms with Crippen molar-refractivity contribution in [2.24, 2.45) is 0 Å². The van der Waals surface area contributed by atoms with Gasteiger partial charge in [0, 0.05) is 11.3 Å². The Labute approximate surface area is 127 Å². The molecule has 0 unspecified atom stereocenters. The molecular formula is C12H8ClN3O2S2. The van der Waals surface area contributed by atoms with Gasteiger partial charge in [-0.25, -0.2) is 4.98 Å². The number of anilines is 1. The SMILES string of the molecule is CCc1nsc(Sc2cc3c(cc2Cl)C(=O)C(=O)N3)n1. The third-order valence-corrected chi connectivity index (χ3v) is 5.01. The van der Waals surface area contributed by atoms with E-state index in [0.717, 1.165) is 21.5 Å². The van der Waals surface area contributed by atoms with E-state index in [1.165, 1.54) is 29.4 Å². The lowest BCUT2D eigenvalue weighted by atomic mass is 10.1. The lowest BCUT2D eigenvalue weighted by Gasteiger charge is -2.04. The maximum atomic E-state index is 11.6. The number of carbonyl (C=O) groups excluding carboxylic acids is 2. The second-order valence-electron chi connectivity index (χ2n) is 4.04. The van der Waals surface area contributed by atoms with Crippen LogP contribution in [0.15, 0.2) is 21.4 Å². The van der Waals surface area contributed by atoms with Crippen molar-refractivity contribution >= 4 is 52.3 Å². The number of halogens is 1. The van der Waals surface area contributed by atoms with Gasteiger partial charge in [0.05, 0.1) is 16.3 Å². The maximum absolute atomic E-state index is 11.6. The molecule has 1 aromatic carbocycles. The average molecular weight is 326 g/mol. The number of aryl methyl sites for hydroxylation is 1. The molecule has 0 bridgehead atoms. The summed E-state index contributed by atoms with van der Waals surface area (Å²) >= 11 is 8.83. The van der Waals surface area contributed by atoms with Crippen LogP contribution in [0.3, 0.4) is 0 Å². The minimum Gasteiger partial charge on any atom is -0.318 e. The van der Waals surface area contributed by atoms with Crippen molar-refractivity contribution in [1.82, 2.24) is 9.36 Å². The van der Waals surface area contributed by atoms with E-state index >= 15 is 0 Å². The van der Waals surface area contributed by atoms with Gasteiger partial charge in [-0.05, 0) is 23.7 Å². The molecule has 2 aromatic rings. The van der Waals surface area contributed by atoms with Crippen LogP contribution in [0.5, 0.6) is 0 Å². The van der Waals surface area contributed by atoms with E-state index in [1.54, 1.807) is 6.07 Å². The Balaban J connectivity index is 1.93. The van der Waals surface area contributed by atoms with Crippen molar-refractivity contribution in [3.05, 3.63) is 28.5 Å². The number of hydrogen-bond donors (Lipinski definition) is 1. The summed E-state index contributed by atoms with van der Waals surface area (Å²) in [6.45, 7) is 1.99. The first-order valence-electron chi connectivity index (χ1n) is 5.78. The molecule has 1 aliphatic rings. The zero-order valence-electron chi connectivity index (χ0n) is 10.3. The number of carbonyl (C=O) groups is 2. The van der Waals surface area contributed by atoms with E-state index in [2.05, 4.69) is 14.7 Å². The first-order valence-corrected chi connectivity index (χ1v) is 7.75. The number of amides is 1. The smallest absolute Gasteiger partial charge is 0.296 e. The van der Waals surface area contributed by atoms with Crippen LogP contribution in [-0.2, 0) is 11.2 Å². The summed E-state index contributed by atoms with van der Waals surface area (Å²) in [6.07, 6.45) is 0.777. The van der Waals surface area contributed by atoms with Gasteiger partial charge < -0.3 is 5.32 Å². The fraction of sp³-hybridized carbons (Fsp3) is 0.167. The molecule has 3 rings (SSSR count). The highest BCUT2D eigenvalue weighted by molar-refractivity contribution is 8.01. The first kappa shape index (κ1) is 13.5. The predicted octanol–water partition coefficient (Wildman–Crippen LogP) is 3.04. The van der Waals surface area contributed by atoms with Crippen LogP contribution in [0, 0.1) is 0 Å². The first-order chi connectivity index (χ1) is 9.58. The molecule has 1 aliphatic heterocycles. The van der Waals surface area contributed by atoms with Crippen LogP contribution in [0.2, 0.25) is 5.02 Å². The molecule has 0 saturated heterocycles. The largest absolute Gasteiger partial charge is 0.318 e. The second kappa shape index (κ2) is 5.16. The van der Waals surface area contributed by atoms with Gasteiger partial charge in [-0.2, -0.15) is 4.37 Å². The number of benzene rings is 1. The summed E-state index contributed by atoms with van der Waals surface area (Å²) in [7, 11) is 0. The molecule has 0 saturated carbocycles. The van der Waals surface area contributed by atoms with Crippen LogP contribution in [-0.4, -0.2) is 21.0 Å². The molecule has 1 aromatic heterocycles. The number of fused-ring (bicyclic) bond motifs is 1. The molecule has 0 aliphatic carbocycles. The summed E-state index contributed by atoms with van der Waals surface area (Å²) < 4.78 is 4.98. The van der Waals surface area contributed by atoms with E-state index in [9.17, 15) is 9.59 Å². The van der Waals surface area contributed by atoms with Gasteiger partial charge in [0.1, 0.15) is 5.82 Å². The number of aromatic nitrogens is 2. The normalized spacial score (nSPS) is 13.5. The summed E-state index contributed by atoms with van der Waals surface area (Å²) in [5.74, 6) is -0.386. The minimum atomic E-state index is -0.623. The number of nitrogens with one attached hydrogen (secondary N) is 1. The Hall–Kier alpha value is -1.44. The highest BCUT2D eigenvalue weighted by Gasteiger charge is 2.29. The summed E-state index contributed by atoms with van der Waals surface area (Å²) in [5.41, 5.74) is 0.808. The monoisotopic (exact) mass is 325 g/mol. The zero-order chi connectivity index (χ0) is 14.3. The Kier molecular flexibility index (Phi) is 3.49. The van der Waals surface area contributed by atoms with E-state index in [0.29, 0.717) is 16.3 Å². The maximum Gasteiger partial charge on any atom is 0.296 e. The summed E-state index contributed by atoms with van der Waals surface area (Å²) in [4.78, 5) is 28.0. The molecule has 8 heteroatoms. The van der Waals surface area contributed by atoms with Crippen molar-refractivity contribution in [1.29, 1.82) is 0 Å². The second-order valence-corrected chi connectivity index (χ2v) is 6.49. The van der Waals surface area contributed by atoms with Gasteiger partial charge in [-0.3, -0.25) is 9.59 Å². The molecule has 2 heterocycles. The van der Waals surface area contributed by atoms with E-state index < -0.39 is 11.7 Å². The predicted molar refractivity (Wildman–Crippen MR) is 77.8 cm³/mol. The molecule has 0 radical (unpaired) electrons. The molecular weight excluding hydrogens is 318 g/mol. The lowest BCUT2D eigenvalue weighted by Crippen LogP contribution is -2.12. The van der Waals surface area contributed by atoms with Crippen molar-refractivity contribution in [2.75, 3.05) is 5.32 Å². The number of ketones is 1. The van der Waals surface area contributed by atoms with Crippen LogP contribution < -0.4 is 5.32 Å². The van der Waals surface area contributed by atoms with Crippen LogP contribution in [0.1, 0.15) is 23.1 Å². The van der Waals surface area contributed by atoms with Crippen molar-refractivity contribution < 1.29 is 9.59 Å². The molecule has 0 atom stereocenters. The number of rotatable bonds is 3. The Morgan fingerprint density at radius 2 is 2.20 bits per heavy atom. The van der Waals surface area contributed by atoms with Crippen LogP contribution >= 0.6 is 34.9 Å². The van der Waals surface area contributed by atoms with Crippen molar-refractivity contribution in [3.63, 3.8) is 0 Å². The van der Waals surface area contributed by atoms with E-state index in [4.69, 9.17) is 11.6 Å². The molecule has 0 spiro atoms. The van der Waals surface area contributed by atoms with Gasteiger partial charge in [0.15, 0.2) is 4.34 Å². The summed E-state index contributed by atoms with van der Waals surface area (Å²) in [6, 6.07) is 3.21. The van der Waals surface area contributed by atoms with Crippen LogP contribution in [0.4, 0.5) is 5.69 Å². The van der Waals surface area contributed by atoms with Gasteiger partial charge in [-0.15, -0.1) is 0 Å². The van der Waals surface area contributed by atoms with E-state index in [-0.39, 0.29) is 0 Å². The number of Topliss-reactive ketones (excluding diaryl/α,β-unsaturated/α-hetero) is 1. The van der Waals surface area contributed by atoms with Crippen LogP contribution in [0.25, 0.3) is 0 Å². The highest BCUT2D eigenvalue weighted by Crippen LogP contribution is 2.39. The van der Waals surface area contributed by atoms with Gasteiger partial charge in [0.2, 0.25) is 0 Å². The third-order valence-electron chi connectivity index (χ3n) is 2.73. The Morgan fingerprint density at radius 1 is 1.40 bits per heavy atom. The summed E-state index contributed by atoms with van der Waals surface area (Å²) in [5, 5.41) is 2.95.